The Morgan fingerprint density at radius 1 is 1.19 bits per heavy atom. The van der Waals surface area contributed by atoms with Crippen LogP contribution in [0.3, 0.4) is 0 Å². The smallest absolute Gasteiger partial charge is 0.338 e. The number of thiazole rings is 1. The van der Waals surface area contributed by atoms with Crippen LogP contribution in [0.5, 0.6) is 5.75 Å². The number of thiophene rings is 1. The van der Waals surface area contributed by atoms with E-state index in [4.69, 9.17) is 9.47 Å². The van der Waals surface area contributed by atoms with Crippen molar-refractivity contribution in [2.75, 3.05) is 7.11 Å². The van der Waals surface area contributed by atoms with Crippen LogP contribution in [0.25, 0.3) is 6.08 Å². The second-order valence-corrected chi connectivity index (χ2v) is 8.74. The molecule has 7 nitrogen and oxygen atoms in total. The lowest BCUT2D eigenvalue weighted by molar-refractivity contribution is -0.136. The van der Waals surface area contributed by atoms with E-state index in [0.29, 0.717) is 26.3 Å². The van der Waals surface area contributed by atoms with Crippen molar-refractivity contribution in [3.8, 4) is 5.75 Å². The maximum Gasteiger partial charge on any atom is 0.338 e. The number of ether oxygens (including phenoxy) is 2. The van der Waals surface area contributed by atoms with E-state index in [1.54, 1.807) is 31.2 Å². The number of rotatable bonds is 4. The number of methoxy groups -OCH3 is 1. The van der Waals surface area contributed by atoms with Gasteiger partial charge in [0, 0.05) is 11.8 Å². The molecule has 0 bridgehead atoms. The van der Waals surface area contributed by atoms with Crippen molar-refractivity contribution in [3.63, 3.8) is 0 Å². The number of allylic oxidation sites excluding steroid dienone is 1. The molecule has 0 radical (unpaired) electrons. The van der Waals surface area contributed by atoms with Gasteiger partial charge in [-0.3, -0.25) is 14.2 Å². The highest BCUT2D eigenvalue weighted by atomic mass is 32.1. The fraction of sp³-hybridized carbons (Fsp3) is 0.182. The molecular formula is C22H18N2O5S2. The molecular weight excluding hydrogens is 436 g/mol. The largest absolute Gasteiger partial charge is 0.466 e. The van der Waals surface area contributed by atoms with Gasteiger partial charge in [-0.1, -0.05) is 29.5 Å². The Labute approximate surface area is 185 Å². The molecule has 2 aromatic heterocycles. The van der Waals surface area contributed by atoms with Gasteiger partial charge in [0.25, 0.3) is 5.56 Å². The zero-order valence-corrected chi connectivity index (χ0v) is 18.6. The van der Waals surface area contributed by atoms with E-state index in [9.17, 15) is 14.4 Å². The summed E-state index contributed by atoms with van der Waals surface area (Å²) in [4.78, 5) is 43.2. The number of hydrogen-bond donors (Lipinski definition) is 0. The van der Waals surface area contributed by atoms with Crippen molar-refractivity contribution in [2.24, 2.45) is 4.99 Å². The van der Waals surface area contributed by atoms with E-state index in [2.05, 4.69) is 4.99 Å². The molecule has 1 aliphatic rings. The Bertz CT molecular complexity index is 1360. The van der Waals surface area contributed by atoms with Crippen molar-refractivity contribution >= 4 is 40.7 Å². The molecule has 0 fully saturated rings. The molecule has 3 heterocycles. The van der Waals surface area contributed by atoms with Crippen LogP contribution in [0.1, 0.15) is 30.3 Å². The summed E-state index contributed by atoms with van der Waals surface area (Å²) < 4.78 is 12.1. The van der Waals surface area contributed by atoms with Gasteiger partial charge in [0.1, 0.15) is 5.75 Å². The maximum absolute atomic E-state index is 13.3. The van der Waals surface area contributed by atoms with Crippen LogP contribution >= 0.6 is 22.7 Å². The molecule has 31 heavy (non-hydrogen) atoms. The number of nitrogens with zero attached hydrogens (tertiary/aromatic N) is 2. The van der Waals surface area contributed by atoms with Crippen molar-refractivity contribution in [2.45, 2.75) is 19.9 Å². The number of hydrogen-bond acceptors (Lipinski definition) is 8. The summed E-state index contributed by atoms with van der Waals surface area (Å²) in [6.07, 6.45) is 1.83. The lowest BCUT2D eigenvalue weighted by Gasteiger charge is -2.24. The zero-order chi connectivity index (χ0) is 22.1. The van der Waals surface area contributed by atoms with Crippen molar-refractivity contribution in [1.82, 2.24) is 4.57 Å². The lowest BCUT2D eigenvalue weighted by atomic mass is 9.96. The van der Waals surface area contributed by atoms with Crippen LogP contribution in [0.4, 0.5) is 0 Å². The average Bonchev–Trinajstić information content (AvgIpc) is 3.35. The Morgan fingerprint density at radius 2 is 1.94 bits per heavy atom. The predicted octanol–water partition coefficient (Wildman–Crippen LogP) is 2.40. The minimum Gasteiger partial charge on any atom is -0.466 e. The number of aromatic nitrogens is 1. The molecule has 9 heteroatoms. The van der Waals surface area contributed by atoms with Crippen molar-refractivity contribution < 1.29 is 19.1 Å². The first kappa shape index (κ1) is 21.0. The highest BCUT2D eigenvalue weighted by Crippen LogP contribution is 2.31. The Kier molecular flexibility index (Phi) is 5.71. The fourth-order valence-corrected chi connectivity index (χ4v) is 5.16. The third-order valence-electron chi connectivity index (χ3n) is 4.70. The second kappa shape index (κ2) is 8.44. The first-order valence-corrected chi connectivity index (χ1v) is 11.0. The third-order valence-corrected chi connectivity index (χ3v) is 6.50. The maximum atomic E-state index is 13.3. The molecule has 0 saturated carbocycles. The minimum absolute atomic E-state index is 0.236. The standard InChI is InChI=1S/C22H18N2O5S2/c1-12-18(21(27)28-3)19(14-6-8-15(9-7-14)29-13(2)25)24-20(26)17(31-22(24)23-12)11-16-5-4-10-30-16/h4-11,19H,1-3H3/b17-11+/t19-/m1/s1. The molecule has 0 saturated heterocycles. The molecule has 0 amide bonds. The van der Waals surface area contributed by atoms with Crippen LogP contribution in [-0.2, 0) is 14.3 Å². The average molecular weight is 455 g/mol. The van der Waals surface area contributed by atoms with E-state index in [1.807, 2.05) is 23.6 Å². The molecule has 1 aromatic carbocycles. The van der Waals surface area contributed by atoms with Crippen LogP contribution in [0, 0.1) is 0 Å². The van der Waals surface area contributed by atoms with Crippen LogP contribution in [-0.4, -0.2) is 23.6 Å². The number of benzene rings is 1. The van der Waals surface area contributed by atoms with Gasteiger partial charge in [-0.25, -0.2) is 9.79 Å². The molecule has 1 aliphatic heterocycles. The third kappa shape index (κ3) is 4.01. The molecule has 3 aromatic rings. The molecule has 1 atom stereocenters. The summed E-state index contributed by atoms with van der Waals surface area (Å²) in [6, 6.07) is 9.84. The van der Waals surface area contributed by atoms with Crippen molar-refractivity contribution in [3.05, 3.63) is 83.2 Å². The molecule has 0 spiro atoms. The molecule has 158 valence electrons. The Balaban J connectivity index is 1.91. The summed E-state index contributed by atoms with van der Waals surface area (Å²) in [5, 5.41) is 1.94. The van der Waals surface area contributed by atoms with E-state index < -0.39 is 18.0 Å². The summed E-state index contributed by atoms with van der Waals surface area (Å²) in [6.45, 7) is 3.05. The second-order valence-electron chi connectivity index (χ2n) is 6.75. The van der Waals surface area contributed by atoms with Crippen LogP contribution in [0.15, 0.2) is 62.8 Å². The van der Waals surface area contributed by atoms with E-state index >= 15 is 0 Å². The monoisotopic (exact) mass is 454 g/mol. The van der Waals surface area contributed by atoms with Gasteiger partial charge < -0.3 is 9.47 Å². The normalized spacial score (nSPS) is 16.0. The van der Waals surface area contributed by atoms with Gasteiger partial charge in [0.2, 0.25) is 0 Å². The quantitative estimate of drug-likeness (QED) is 0.446. The van der Waals surface area contributed by atoms with E-state index in [1.165, 1.54) is 41.3 Å². The highest BCUT2D eigenvalue weighted by Gasteiger charge is 2.33. The van der Waals surface area contributed by atoms with Gasteiger partial charge in [-0.05, 0) is 42.1 Å². The van der Waals surface area contributed by atoms with Gasteiger partial charge in [-0.15, -0.1) is 11.3 Å². The summed E-state index contributed by atoms with van der Waals surface area (Å²) in [5.41, 5.74) is 1.22. The number of carbonyl (C=O) groups excluding carboxylic acids is 2. The van der Waals surface area contributed by atoms with E-state index in [0.717, 1.165) is 4.88 Å². The van der Waals surface area contributed by atoms with Gasteiger partial charge >= 0.3 is 11.9 Å². The minimum atomic E-state index is -0.708. The van der Waals surface area contributed by atoms with Gasteiger partial charge in [0.05, 0.1) is 29.0 Å². The number of esters is 2. The van der Waals surface area contributed by atoms with Crippen LogP contribution < -0.4 is 19.6 Å². The first-order valence-electron chi connectivity index (χ1n) is 9.32. The fourth-order valence-electron chi connectivity index (χ4n) is 3.39. The molecule has 0 unspecified atom stereocenters. The first-order chi connectivity index (χ1) is 14.9. The van der Waals surface area contributed by atoms with Gasteiger partial charge in [0.15, 0.2) is 4.80 Å². The SMILES string of the molecule is COC(=O)C1=C(C)N=c2s/c(=C/c3cccs3)c(=O)n2[C@@H]1c1ccc(OC(C)=O)cc1. The Morgan fingerprint density at radius 3 is 2.55 bits per heavy atom. The highest BCUT2D eigenvalue weighted by molar-refractivity contribution is 7.11. The summed E-state index contributed by atoms with van der Waals surface area (Å²) >= 11 is 2.81. The predicted molar refractivity (Wildman–Crippen MR) is 118 cm³/mol. The topological polar surface area (TPSA) is 87.0 Å². The van der Waals surface area contributed by atoms with Crippen LogP contribution in [0.2, 0.25) is 0 Å². The zero-order valence-electron chi connectivity index (χ0n) is 16.9. The molecule has 0 aliphatic carbocycles. The molecule has 0 N–H and O–H groups in total. The number of fused-ring (bicyclic) bond motifs is 1. The summed E-state index contributed by atoms with van der Waals surface area (Å²) in [5.74, 6) is -0.607. The molecule has 4 rings (SSSR count). The van der Waals surface area contributed by atoms with Gasteiger partial charge in [-0.2, -0.15) is 0 Å². The lowest BCUT2D eigenvalue weighted by Crippen LogP contribution is -2.39. The Hall–Kier alpha value is -3.30. The number of carbonyl (C=O) groups is 2. The summed E-state index contributed by atoms with van der Waals surface area (Å²) in [7, 11) is 1.30. The van der Waals surface area contributed by atoms with Crippen molar-refractivity contribution in [1.29, 1.82) is 0 Å². The van der Waals surface area contributed by atoms with E-state index in [-0.39, 0.29) is 11.1 Å².